The highest BCUT2D eigenvalue weighted by Crippen LogP contribution is 2.09. The van der Waals surface area contributed by atoms with E-state index in [1.54, 1.807) is 20.8 Å². The van der Waals surface area contributed by atoms with Crippen LogP contribution in [0.4, 0.5) is 4.79 Å². The molecule has 6 heteroatoms. The number of aliphatic hydroxyl groups is 1. The van der Waals surface area contributed by atoms with Crippen LogP contribution < -0.4 is 5.32 Å². The predicted octanol–water partition coefficient (Wildman–Crippen LogP) is 1.86. The van der Waals surface area contributed by atoms with Gasteiger partial charge in [-0.05, 0) is 18.4 Å². The summed E-state index contributed by atoms with van der Waals surface area (Å²) >= 11 is 0. The number of hydrogen-bond donors (Lipinski definition) is 2. The van der Waals surface area contributed by atoms with E-state index >= 15 is 0 Å². The van der Waals surface area contributed by atoms with Gasteiger partial charge in [0.1, 0.15) is 6.61 Å². The highest BCUT2D eigenvalue weighted by atomic mass is 16.6. The molecular formula is C16H23NO5. The Morgan fingerprint density at radius 2 is 1.82 bits per heavy atom. The number of alkyl carbamates (subject to hydrolysis) is 1. The molecule has 0 saturated carbocycles. The lowest BCUT2D eigenvalue weighted by Gasteiger charge is -2.25. The lowest BCUT2D eigenvalue weighted by molar-refractivity contribution is -0.155. The zero-order valence-corrected chi connectivity index (χ0v) is 13.1. The number of nitrogens with one attached hydrogen (secondary N) is 1. The Balaban J connectivity index is 2.55. The minimum Gasteiger partial charge on any atom is -0.464 e. The first-order valence-electron chi connectivity index (χ1n) is 7.27. The summed E-state index contributed by atoms with van der Waals surface area (Å²) in [6.07, 6.45) is -2.12. The zero-order chi connectivity index (χ0) is 16.5. The van der Waals surface area contributed by atoms with Crippen molar-refractivity contribution in [3.8, 4) is 0 Å². The van der Waals surface area contributed by atoms with Crippen LogP contribution in [-0.4, -0.2) is 35.9 Å². The molecule has 0 aliphatic heterocycles. The van der Waals surface area contributed by atoms with Crippen LogP contribution in [0.2, 0.25) is 0 Å². The SMILES string of the molecule is CCOC(=O)C(O)C(NC(=O)OCc1ccccc1)C(C)C. The summed E-state index contributed by atoms with van der Waals surface area (Å²) in [6.45, 7) is 5.50. The molecule has 0 heterocycles. The molecule has 2 unspecified atom stereocenters. The molecule has 1 rings (SSSR count). The molecule has 0 bridgehead atoms. The fraction of sp³-hybridized carbons (Fsp3) is 0.500. The molecule has 1 amide bonds. The minimum atomic E-state index is -1.43. The van der Waals surface area contributed by atoms with Gasteiger partial charge < -0.3 is 19.9 Å². The molecule has 2 atom stereocenters. The zero-order valence-electron chi connectivity index (χ0n) is 13.1. The molecule has 0 aliphatic carbocycles. The molecule has 2 N–H and O–H groups in total. The number of hydrogen-bond acceptors (Lipinski definition) is 5. The first-order valence-corrected chi connectivity index (χ1v) is 7.27. The average Bonchev–Trinajstić information content (AvgIpc) is 2.51. The van der Waals surface area contributed by atoms with Crippen LogP contribution in [0.1, 0.15) is 26.3 Å². The topological polar surface area (TPSA) is 84.9 Å². The Bertz CT molecular complexity index is 475. The van der Waals surface area contributed by atoms with Crippen molar-refractivity contribution in [2.24, 2.45) is 5.92 Å². The highest BCUT2D eigenvalue weighted by molar-refractivity contribution is 5.77. The minimum absolute atomic E-state index is 0.118. The van der Waals surface area contributed by atoms with Crippen molar-refractivity contribution in [1.82, 2.24) is 5.32 Å². The number of ether oxygens (including phenoxy) is 2. The second-order valence-electron chi connectivity index (χ2n) is 5.17. The molecule has 0 saturated heterocycles. The number of aliphatic hydroxyl groups excluding tert-OH is 1. The standard InChI is InChI=1S/C16H23NO5/c1-4-21-15(19)14(18)13(11(2)3)17-16(20)22-10-12-8-6-5-7-9-12/h5-9,11,13-14,18H,4,10H2,1-3H3,(H,17,20). The third kappa shape index (κ3) is 5.73. The average molecular weight is 309 g/mol. The van der Waals surface area contributed by atoms with Gasteiger partial charge in [-0.3, -0.25) is 0 Å². The van der Waals surface area contributed by atoms with E-state index < -0.39 is 24.2 Å². The first kappa shape index (κ1) is 18.0. The van der Waals surface area contributed by atoms with Gasteiger partial charge in [-0.25, -0.2) is 9.59 Å². The van der Waals surface area contributed by atoms with E-state index in [2.05, 4.69) is 5.32 Å². The maximum Gasteiger partial charge on any atom is 0.407 e. The van der Waals surface area contributed by atoms with Crippen molar-refractivity contribution in [2.45, 2.75) is 39.5 Å². The maximum absolute atomic E-state index is 11.8. The van der Waals surface area contributed by atoms with Gasteiger partial charge in [-0.2, -0.15) is 0 Å². The Morgan fingerprint density at radius 1 is 1.18 bits per heavy atom. The van der Waals surface area contributed by atoms with Crippen molar-refractivity contribution in [3.63, 3.8) is 0 Å². The summed E-state index contributed by atoms with van der Waals surface area (Å²) in [7, 11) is 0. The fourth-order valence-electron chi connectivity index (χ4n) is 1.89. The summed E-state index contributed by atoms with van der Waals surface area (Å²) < 4.78 is 9.85. The molecule has 6 nitrogen and oxygen atoms in total. The van der Waals surface area contributed by atoms with Crippen molar-refractivity contribution in [1.29, 1.82) is 0 Å². The van der Waals surface area contributed by atoms with Crippen LogP contribution in [0, 0.1) is 5.92 Å². The lowest BCUT2D eigenvalue weighted by Crippen LogP contribution is -2.50. The van der Waals surface area contributed by atoms with Crippen molar-refractivity contribution in [3.05, 3.63) is 35.9 Å². The van der Waals surface area contributed by atoms with E-state index in [1.807, 2.05) is 30.3 Å². The van der Waals surface area contributed by atoms with Gasteiger partial charge in [0.25, 0.3) is 0 Å². The summed E-state index contributed by atoms with van der Waals surface area (Å²) in [4.78, 5) is 23.4. The van der Waals surface area contributed by atoms with Crippen LogP contribution in [0.25, 0.3) is 0 Å². The summed E-state index contributed by atoms with van der Waals surface area (Å²) in [5.74, 6) is -0.923. The molecule has 0 radical (unpaired) electrons. The van der Waals surface area contributed by atoms with Crippen LogP contribution in [0.15, 0.2) is 30.3 Å². The fourth-order valence-corrected chi connectivity index (χ4v) is 1.89. The number of esters is 1. The maximum atomic E-state index is 11.8. The number of benzene rings is 1. The molecule has 1 aromatic rings. The monoisotopic (exact) mass is 309 g/mol. The number of amides is 1. The van der Waals surface area contributed by atoms with E-state index in [-0.39, 0.29) is 19.1 Å². The third-order valence-electron chi connectivity index (χ3n) is 3.08. The molecule has 0 fully saturated rings. The van der Waals surface area contributed by atoms with E-state index in [0.29, 0.717) is 0 Å². The van der Waals surface area contributed by atoms with Gasteiger partial charge >= 0.3 is 12.1 Å². The summed E-state index contributed by atoms with van der Waals surface area (Å²) in [6, 6.07) is 8.45. The quantitative estimate of drug-likeness (QED) is 0.751. The lowest BCUT2D eigenvalue weighted by atomic mass is 9.99. The largest absolute Gasteiger partial charge is 0.464 e. The Labute approximate surface area is 130 Å². The van der Waals surface area contributed by atoms with E-state index in [1.165, 1.54) is 0 Å². The Kier molecular flexibility index (Phi) is 7.39. The van der Waals surface area contributed by atoms with Crippen molar-refractivity contribution < 1.29 is 24.2 Å². The molecule has 1 aromatic carbocycles. The van der Waals surface area contributed by atoms with Gasteiger partial charge in [0.05, 0.1) is 12.6 Å². The molecule has 0 aromatic heterocycles. The first-order chi connectivity index (χ1) is 10.5. The Morgan fingerprint density at radius 3 is 2.36 bits per heavy atom. The van der Waals surface area contributed by atoms with Gasteiger partial charge in [-0.15, -0.1) is 0 Å². The second-order valence-corrected chi connectivity index (χ2v) is 5.17. The second kappa shape index (κ2) is 9.04. The van der Waals surface area contributed by atoms with E-state index in [9.17, 15) is 14.7 Å². The van der Waals surface area contributed by atoms with E-state index in [4.69, 9.17) is 9.47 Å². The normalized spacial score (nSPS) is 13.3. The van der Waals surface area contributed by atoms with Crippen LogP contribution >= 0.6 is 0 Å². The van der Waals surface area contributed by atoms with E-state index in [0.717, 1.165) is 5.56 Å². The van der Waals surface area contributed by atoms with Crippen LogP contribution in [-0.2, 0) is 20.9 Å². The van der Waals surface area contributed by atoms with Crippen LogP contribution in [0.3, 0.4) is 0 Å². The Hall–Kier alpha value is -2.08. The molecule has 0 aliphatic rings. The van der Waals surface area contributed by atoms with Crippen molar-refractivity contribution in [2.75, 3.05) is 6.61 Å². The number of rotatable bonds is 7. The number of carbonyl (C=O) groups is 2. The summed E-state index contributed by atoms with van der Waals surface area (Å²) in [5, 5.41) is 12.5. The summed E-state index contributed by atoms with van der Waals surface area (Å²) in [5.41, 5.74) is 0.852. The van der Waals surface area contributed by atoms with Gasteiger partial charge in [0.2, 0.25) is 0 Å². The van der Waals surface area contributed by atoms with Gasteiger partial charge in [-0.1, -0.05) is 44.2 Å². The van der Waals surface area contributed by atoms with Gasteiger partial charge in [0.15, 0.2) is 6.10 Å². The molecule has 122 valence electrons. The molecule has 0 spiro atoms. The molecular weight excluding hydrogens is 286 g/mol. The van der Waals surface area contributed by atoms with Crippen molar-refractivity contribution >= 4 is 12.1 Å². The van der Waals surface area contributed by atoms with Crippen LogP contribution in [0.5, 0.6) is 0 Å². The smallest absolute Gasteiger partial charge is 0.407 e. The number of carbonyl (C=O) groups excluding carboxylic acids is 2. The molecule has 22 heavy (non-hydrogen) atoms. The third-order valence-corrected chi connectivity index (χ3v) is 3.08. The van der Waals surface area contributed by atoms with Gasteiger partial charge in [0, 0.05) is 0 Å². The highest BCUT2D eigenvalue weighted by Gasteiger charge is 2.31. The predicted molar refractivity (Wildman–Crippen MR) is 81.0 cm³/mol.